The zero-order valence-corrected chi connectivity index (χ0v) is 25.6. The van der Waals surface area contributed by atoms with Crippen LogP contribution in [0, 0.1) is 29.6 Å². The Kier molecular flexibility index (Phi) is 8.41. The lowest BCUT2D eigenvalue weighted by atomic mass is 9.95. The van der Waals surface area contributed by atoms with Crippen LogP contribution in [0.15, 0.2) is 49.1 Å². The normalized spacial score (nSPS) is 20.5. The summed E-state index contributed by atoms with van der Waals surface area (Å²) in [7, 11) is 2.09. The number of rotatable bonds is 6. The van der Waals surface area contributed by atoms with E-state index in [0.29, 0.717) is 37.6 Å². The number of anilines is 2. The maximum Gasteiger partial charge on any atom is 0.246 e. The van der Waals surface area contributed by atoms with Gasteiger partial charge in [0, 0.05) is 49.4 Å². The van der Waals surface area contributed by atoms with Gasteiger partial charge in [0.25, 0.3) is 0 Å². The number of benzene rings is 2. The van der Waals surface area contributed by atoms with Gasteiger partial charge in [-0.25, -0.2) is 4.98 Å². The molecule has 226 valence electrons. The van der Waals surface area contributed by atoms with Gasteiger partial charge in [-0.1, -0.05) is 36.9 Å². The molecular formula is C35H39N7O2. The Balaban J connectivity index is 1.42. The second-order valence-electron chi connectivity index (χ2n) is 12.1. The van der Waals surface area contributed by atoms with Gasteiger partial charge in [-0.3, -0.25) is 4.79 Å². The second-order valence-corrected chi connectivity index (χ2v) is 12.1. The molecule has 2 atom stereocenters. The van der Waals surface area contributed by atoms with Gasteiger partial charge in [0.2, 0.25) is 11.8 Å². The molecule has 0 N–H and O–H groups in total. The molecule has 44 heavy (non-hydrogen) atoms. The number of ether oxygens (including phenoxy) is 1. The molecule has 0 radical (unpaired) electrons. The van der Waals surface area contributed by atoms with E-state index in [4.69, 9.17) is 9.72 Å². The lowest BCUT2D eigenvalue weighted by molar-refractivity contribution is -0.128. The first kappa shape index (κ1) is 29.5. The van der Waals surface area contributed by atoms with Crippen molar-refractivity contribution < 1.29 is 9.53 Å². The summed E-state index contributed by atoms with van der Waals surface area (Å²) in [6, 6.07) is 17.3. The zero-order valence-electron chi connectivity index (χ0n) is 25.6. The number of aryl methyl sites for hydroxylation is 1. The maximum absolute atomic E-state index is 12.6. The van der Waals surface area contributed by atoms with Gasteiger partial charge in [0.1, 0.15) is 17.7 Å². The van der Waals surface area contributed by atoms with Crippen LogP contribution >= 0.6 is 0 Å². The Morgan fingerprint density at radius 1 is 1.11 bits per heavy atom. The van der Waals surface area contributed by atoms with E-state index < -0.39 is 0 Å². The van der Waals surface area contributed by atoms with Crippen molar-refractivity contribution in [2.45, 2.75) is 51.3 Å². The van der Waals surface area contributed by atoms with E-state index >= 15 is 0 Å². The predicted molar refractivity (Wildman–Crippen MR) is 172 cm³/mol. The van der Waals surface area contributed by atoms with Crippen LogP contribution in [-0.2, 0) is 17.8 Å². The van der Waals surface area contributed by atoms with Gasteiger partial charge < -0.3 is 24.3 Å². The van der Waals surface area contributed by atoms with E-state index in [0.717, 1.165) is 55.8 Å². The number of likely N-dealkylation sites (tertiary alicyclic amines) is 1. The summed E-state index contributed by atoms with van der Waals surface area (Å²) < 4.78 is 6.58. The summed E-state index contributed by atoms with van der Waals surface area (Å²) in [5.74, 6) is 0.215. The van der Waals surface area contributed by atoms with Gasteiger partial charge in [0.05, 0.1) is 36.5 Å². The summed E-state index contributed by atoms with van der Waals surface area (Å²) in [6.45, 7) is 10.5. The Hall–Kier alpha value is -4.60. The van der Waals surface area contributed by atoms with E-state index in [9.17, 15) is 15.3 Å². The fraction of sp³-hybridized carbons (Fsp3) is 0.429. The van der Waals surface area contributed by atoms with Crippen LogP contribution in [0.4, 0.5) is 11.4 Å². The summed E-state index contributed by atoms with van der Waals surface area (Å²) in [5.41, 5.74) is 5.68. The van der Waals surface area contributed by atoms with Crippen molar-refractivity contribution in [2.24, 2.45) is 0 Å². The van der Waals surface area contributed by atoms with E-state index in [-0.39, 0.29) is 24.5 Å². The number of piperazine rings is 1. The van der Waals surface area contributed by atoms with E-state index in [1.165, 1.54) is 28.1 Å². The highest BCUT2D eigenvalue weighted by Gasteiger charge is 2.35. The van der Waals surface area contributed by atoms with Crippen LogP contribution in [0.25, 0.3) is 10.8 Å². The molecule has 0 unspecified atom stereocenters. The fourth-order valence-corrected chi connectivity index (χ4v) is 7.16. The first-order valence-corrected chi connectivity index (χ1v) is 15.5. The topological polar surface area (TPSA) is 99.7 Å². The quantitative estimate of drug-likeness (QED) is 0.386. The Labute approximate surface area is 259 Å². The summed E-state index contributed by atoms with van der Waals surface area (Å²) in [5, 5.41) is 22.6. The SMILES string of the molecule is C=CC(=O)N1CCN(c2c(C#N)c(O[C@H]3CCCN(C)C3)nc3c2CCN(c2cccc4cccc(C)c24)C3)C[C@@H]1CC#N. The summed E-state index contributed by atoms with van der Waals surface area (Å²) in [6.07, 6.45) is 4.13. The van der Waals surface area contributed by atoms with Crippen LogP contribution in [0.2, 0.25) is 0 Å². The number of pyridine rings is 1. The average Bonchev–Trinajstić information content (AvgIpc) is 3.03. The van der Waals surface area contributed by atoms with Crippen LogP contribution < -0.4 is 14.5 Å². The molecule has 3 aliphatic rings. The number of hydrogen-bond donors (Lipinski definition) is 0. The zero-order chi connectivity index (χ0) is 30.8. The molecule has 1 amide bonds. The minimum atomic E-state index is -0.301. The molecule has 9 nitrogen and oxygen atoms in total. The number of hydrogen-bond acceptors (Lipinski definition) is 8. The van der Waals surface area contributed by atoms with E-state index in [1.807, 2.05) is 0 Å². The number of nitriles is 2. The van der Waals surface area contributed by atoms with Crippen molar-refractivity contribution in [3.05, 3.63) is 71.4 Å². The highest BCUT2D eigenvalue weighted by atomic mass is 16.5. The van der Waals surface area contributed by atoms with Gasteiger partial charge in [-0.05, 0) is 62.9 Å². The van der Waals surface area contributed by atoms with Crippen LogP contribution in [0.1, 0.15) is 41.6 Å². The fourth-order valence-electron chi connectivity index (χ4n) is 7.16. The van der Waals surface area contributed by atoms with Gasteiger partial charge in [-0.15, -0.1) is 0 Å². The molecule has 3 aliphatic heterocycles. The Morgan fingerprint density at radius 3 is 2.68 bits per heavy atom. The largest absolute Gasteiger partial charge is 0.472 e. The number of likely N-dealkylation sites (N-methyl/N-ethyl adjacent to an activating group) is 1. The van der Waals surface area contributed by atoms with Crippen molar-refractivity contribution in [2.75, 3.05) is 56.1 Å². The number of fused-ring (bicyclic) bond motifs is 2. The first-order chi connectivity index (χ1) is 21.4. The van der Waals surface area contributed by atoms with E-state index in [2.05, 4.69) is 83.8 Å². The Morgan fingerprint density at radius 2 is 1.93 bits per heavy atom. The number of amides is 1. The number of carbonyl (C=O) groups excluding carboxylic acids is 1. The number of carbonyl (C=O) groups is 1. The molecule has 1 aromatic heterocycles. The molecule has 2 aromatic carbocycles. The molecule has 0 bridgehead atoms. The van der Waals surface area contributed by atoms with Crippen LogP contribution in [-0.4, -0.2) is 79.2 Å². The van der Waals surface area contributed by atoms with Crippen molar-refractivity contribution in [3.63, 3.8) is 0 Å². The highest BCUT2D eigenvalue weighted by molar-refractivity contribution is 5.97. The minimum absolute atomic E-state index is 0.0481. The van der Waals surface area contributed by atoms with Crippen LogP contribution in [0.5, 0.6) is 5.88 Å². The van der Waals surface area contributed by atoms with Gasteiger partial charge in [0.15, 0.2) is 0 Å². The third-order valence-corrected chi connectivity index (χ3v) is 9.28. The molecule has 6 rings (SSSR count). The number of piperidine rings is 1. The minimum Gasteiger partial charge on any atom is -0.472 e. The molecular weight excluding hydrogens is 550 g/mol. The molecule has 0 saturated carbocycles. The monoisotopic (exact) mass is 589 g/mol. The third-order valence-electron chi connectivity index (χ3n) is 9.28. The molecule has 4 heterocycles. The summed E-state index contributed by atoms with van der Waals surface area (Å²) >= 11 is 0. The Bertz CT molecular complexity index is 1670. The standard InChI is InChI=1S/C35H39N7O2/c1-4-32(43)42-19-18-41(21-26(42)13-15-36)34-28-14-17-40(31-12-6-10-25-9-5-8-24(2)33(25)31)23-30(28)38-35(29(34)20-37)44-27-11-7-16-39(3)22-27/h4-6,8-10,12,26-27H,1,7,11,13-14,16-19,21-23H2,2-3H3/t26-,27-/m0/s1. The highest BCUT2D eigenvalue weighted by Crippen LogP contribution is 2.40. The van der Waals surface area contributed by atoms with Crippen molar-refractivity contribution in [1.82, 2.24) is 14.8 Å². The smallest absolute Gasteiger partial charge is 0.246 e. The molecule has 2 fully saturated rings. The van der Waals surface area contributed by atoms with Crippen molar-refractivity contribution >= 4 is 28.1 Å². The molecule has 3 aromatic rings. The number of aromatic nitrogens is 1. The third kappa shape index (κ3) is 5.56. The lowest BCUT2D eigenvalue weighted by Gasteiger charge is -2.43. The predicted octanol–water partition coefficient (Wildman–Crippen LogP) is 4.57. The van der Waals surface area contributed by atoms with Gasteiger partial charge in [-0.2, -0.15) is 10.5 Å². The van der Waals surface area contributed by atoms with E-state index in [1.54, 1.807) is 4.90 Å². The molecule has 0 aliphatic carbocycles. The van der Waals surface area contributed by atoms with Crippen molar-refractivity contribution in [1.29, 1.82) is 10.5 Å². The summed E-state index contributed by atoms with van der Waals surface area (Å²) in [4.78, 5) is 26.3. The molecule has 0 spiro atoms. The van der Waals surface area contributed by atoms with Crippen molar-refractivity contribution in [3.8, 4) is 18.0 Å². The first-order valence-electron chi connectivity index (χ1n) is 15.5. The number of nitrogens with zero attached hydrogens (tertiary/aromatic N) is 7. The van der Waals surface area contributed by atoms with Crippen LogP contribution in [0.3, 0.4) is 0 Å². The molecule has 9 heteroatoms. The van der Waals surface area contributed by atoms with Gasteiger partial charge >= 0.3 is 0 Å². The second kappa shape index (κ2) is 12.6. The maximum atomic E-state index is 12.6. The average molecular weight is 590 g/mol. The lowest BCUT2D eigenvalue weighted by Crippen LogP contribution is -2.55. The molecule has 2 saturated heterocycles.